The van der Waals surface area contributed by atoms with Gasteiger partial charge in [-0.25, -0.2) is 4.98 Å². The Hall–Kier alpha value is -3.45. The molecule has 3 aromatic carbocycles. The molecule has 2 heterocycles. The fourth-order valence-corrected chi connectivity index (χ4v) is 5.75. The predicted molar refractivity (Wildman–Crippen MR) is 155 cm³/mol. The molecule has 0 bridgehead atoms. The maximum absolute atomic E-state index is 13.3. The Morgan fingerprint density at radius 1 is 0.923 bits per heavy atom. The van der Waals surface area contributed by atoms with Crippen molar-refractivity contribution < 1.29 is 9.53 Å². The van der Waals surface area contributed by atoms with Crippen LogP contribution in [0.15, 0.2) is 91.3 Å². The van der Waals surface area contributed by atoms with Crippen LogP contribution < -0.4 is 5.32 Å². The molecule has 0 unspecified atom stereocenters. The van der Waals surface area contributed by atoms with Crippen LogP contribution in [0.4, 0.5) is 0 Å². The Balaban J connectivity index is 1.36. The molecule has 5 rings (SSSR count). The second kappa shape index (κ2) is 12.6. The SMILES string of the molecule is COCCNC(=O)c1c(CN2CCC(c3ccccc3)(c3ccccc3)CC2)ncn1Cc1ccc(Cl)cc1. The number of rotatable bonds is 10. The standard InChI is InChI=1S/C32H35ClN4O2/c1-39-21-18-34-31(38)30-29(35-24-37(30)22-25-12-14-28(33)15-13-25)23-36-19-16-32(17-20-36,26-8-4-2-5-9-26)27-10-6-3-7-11-27/h2-15,24H,16-23H2,1H3,(H,34,38). The molecule has 1 aliphatic heterocycles. The van der Waals surface area contributed by atoms with E-state index in [-0.39, 0.29) is 11.3 Å². The van der Waals surface area contributed by atoms with Gasteiger partial charge in [0.2, 0.25) is 0 Å². The van der Waals surface area contributed by atoms with E-state index in [4.69, 9.17) is 21.3 Å². The monoisotopic (exact) mass is 542 g/mol. The topological polar surface area (TPSA) is 59.4 Å². The summed E-state index contributed by atoms with van der Waals surface area (Å²) in [4.78, 5) is 20.5. The number of methoxy groups -OCH3 is 1. The number of piperidine rings is 1. The molecule has 0 spiro atoms. The number of imidazole rings is 1. The minimum absolute atomic E-state index is 0.0205. The van der Waals surface area contributed by atoms with E-state index >= 15 is 0 Å². The van der Waals surface area contributed by atoms with Crippen molar-refractivity contribution in [1.29, 1.82) is 0 Å². The van der Waals surface area contributed by atoms with Gasteiger partial charge in [-0.1, -0.05) is 84.4 Å². The number of carbonyl (C=O) groups excluding carboxylic acids is 1. The van der Waals surface area contributed by atoms with Crippen LogP contribution in [0.2, 0.25) is 5.02 Å². The van der Waals surface area contributed by atoms with E-state index in [9.17, 15) is 4.79 Å². The number of carbonyl (C=O) groups is 1. The first-order chi connectivity index (χ1) is 19.1. The summed E-state index contributed by atoms with van der Waals surface area (Å²) in [6.45, 7) is 3.90. The fourth-order valence-electron chi connectivity index (χ4n) is 5.62. The van der Waals surface area contributed by atoms with Gasteiger partial charge < -0.3 is 14.6 Å². The smallest absolute Gasteiger partial charge is 0.270 e. The lowest BCUT2D eigenvalue weighted by atomic mass is 9.68. The van der Waals surface area contributed by atoms with Crippen LogP contribution in [0, 0.1) is 0 Å². The zero-order chi connectivity index (χ0) is 27.1. The average Bonchev–Trinajstić information content (AvgIpc) is 3.37. The van der Waals surface area contributed by atoms with Crippen molar-refractivity contribution in [3.63, 3.8) is 0 Å². The molecular formula is C32H35ClN4O2. The van der Waals surface area contributed by atoms with E-state index in [0.717, 1.165) is 37.2 Å². The molecular weight excluding hydrogens is 508 g/mol. The van der Waals surface area contributed by atoms with Gasteiger partial charge in [-0.3, -0.25) is 9.69 Å². The molecule has 1 N–H and O–H groups in total. The summed E-state index contributed by atoms with van der Waals surface area (Å²) in [7, 11) is 1.63. The normalized spacial score (nSPS) is 15.2. The highest BCUT2D eigenvalue weighted by molar-refractivity contribution is 6.30. The number of halogens is 1. The molecule has 6 nitrogen and oxygen atoms in total. The summed E-state index contributed by atoms with van der Waals surface area (Å²) in [6.07, 6.45) is 3.78. The lowest BCUT2D eigenvalue weighted by Crippen LogP contribution is -2.43. The number of aromatic nitrogens is 2. The zero-order valence-corrected chi connectivity index (χ0v) is 23.1. The van der Waals surface area contributed by atoms with Crippen molar-refractivity contribution in [1.82, 2.24) is 19.8 Å². The Morgan fingerprint density at radius 2 is 1.54 bits per heavy atom. The number of likely N-dealkylation sites (tertiary alicyclic amines) is 1. The van der Waals surface area contributed by atoms with Crippen LogP contribution in [0.5, 0.6) is 0 Å². The summed E-state index contributed by atoms with van der Waals surface area (Å²) in [5.74, 6) is -0.131. The summed E-state index contributed by atoms with van der Waals surface area (Å²) in [5.41, 5.74) is 5.16. The molecule has 1 amide bonds. The second-order valence-electron chi connectivity index (χ2n) is 10.1. The van der Waals surface area contributed by atoms with Crippen LogP contribution in [0.3, 0.4) is 0 Å². The van der Waals surface area contributed by atoms with Gasteiger partial charge in [-0.2, -0.15) is 0 Å². The van der Waals surface area contributed by atoms with Crippen molar-refractivity contribution in [2.75, 3.05) is 33.4 Å². The van der Waals surface area contributed by atoms with Crippen molar-refractivity contribution >= 4 is 17.5 Å². The van der Waals surface area contributed by atoms with E-state index in [2.05, 4.69) is 70.9 Å². The first-order valence-corrected chi connectivity index (χ1v) is 13.9. The highest BCUT2D eigenvalue weighted by Gasteiger charge is 2.38. The van der Waals surface area contributed by atoms with Gasteiger partial charge in [0.05, 0.1) is 18.6 Å². The molecule has 202 valence electrons. The molecule has 0 radical (unpaired) electrons. The van der Waals surface area contributed by atoms with E-state index in [1.54, 1.807) is 13.4 Å². The van der Waals surface area contributed by atoms with Crippen LogP contribution in [-0.4, -0.2) is 53.7 Å². The lowest BCUT2D eigenvalue weighted by Gasteiger charge is -2.43. The summed E-state index contributed by atoms with van der Waals surface area (Å²) >= 11 is 6.08. The molecule has 0 atom stereocenters. The van der Waals surface area contributed by atoms with E-state index < -0.39 is 0 Å². The number of nitrogens with one attached hydrogen (secondary N) is 1. The maximum Gasteiger partial charge on any atom is 0.270 e. The number of hydrogen-bond donors (Lipinski definition) is 1. The first kappa shape index (κ1) is 27.1. The minimum atomic E-state index is -0.131. The number of amides is 1. The van der Waals surface area contributed by atoms with E-state index in [0.29, 0.717) is 37.0 Å². The van der Waals surface area contributed by atoms with E-state index in [1.165, 1.54) is 11.1 Å². The Bertz CT molecular complexity index is 1310. The molecule has 1 fully saturated rings. The quantitative estimate of drug-likeness (QED) is 0.267. The van der Waals surface area contributed by atoms with Crippen molar-refractivity contribution in [2.45, 2.75) is 31.3 Å². The van der Waals surface area contributed by atoms with Crippen molar-refractivity contribution in [3.05, 3.63) is 124 Å². The van der Waals surface area contributed by atoms with Gasteiger partial charge in [0.25, 0.3) is 5.91 Å². The molecule has 0 aliphatic carbocycles. The Labute approximate surface area is 235 Å². The molecule has 39 heavy (non-hydrogen) atoms. The minimum Gasteiger partial charge on any atom is -0.383 e. The zero-order valence-electron chi connectivity index (χ0n) is 22.4. The number of hydrogen-bond acceptors (Lipinski definition) is 4. The first-order valence-electron chi connectivity index (χ1n) is 13.5. The Morgan fingerprint density at radius 3 is 2.13 bits per heavy atom. The largest absolute Gasteiger partial charge is 0.383 e. The number of benzene rings is 3. The van der Waals surface area contributed by atoms with Gasteiger partial charge in [-0.15, -0.1) is 0 Å². The van der Waals surface area contributed by atoms with Crippen LogP contribution in [0.25, 0.3) is 0 Å². The van der Waals surface area contributed by atoms with Crippen molar-refractivity contribution in [3.8, 4) is 0 Å². The molecule has 4 aromatic rings. The third-order valence-electron chi connectivity index (χ3n) is 7.72. The van der Waals surface area contributed by atoms with Gasteiger partial charge in [0.1, 0.15) is 5.69 Å². The maximum atomic E-state index is 13.3. The van der Waals surface area contributed by atoms with Crippen molar-refractivity contribution in [2.24, 2.45) is 0 Å². The summed E-state index contributed by atoms with van der Waals surface area (Å²) in [5, 5.41) is 3.68. The molecule has 1 saturated heterocycles. The molecule has 7 heteroatoms. The van der Waals surface area contributed by atoms with Crippen LogP contribution in [0.1, 0.15) is 45.7 Å². The van der Waals surface area contributed by atoms with Crippen LogP contribution in [-0.2, 0) is 23.2 Å². The summed E-state index contributed by atoms with van der Waals surface area (Å²) < 4.78 is 7.07. The van der Waals surface area contributed by atoms with Gasteiger partial charge in [0.15, 0.2) is 0 Å². The second-order valence-corrected chi connectivity index (χ2v) is 10.6. The van der Waals surface area contributed by atoms with Gasteiger partial charge in [-0.05, 0) is 54.8 Å². The fraction of sp³-hybridized carbons (Fsp3) is 0.312. The van der Waals surface area contributed by atoms with Gasteiger partial charge >= 0.3 is 0 Å². The molecule has 0 saturated carbocycles. The molecule has 1 aromatic heterocycles. The van der Waals surface area contributed by atoms with Gasteiger partial charge in [0, 0.05) is 37.2 Å². The Kier molecular flexibility index (Phi) is 8.77. The third kappa shape index (κ3) is 6.25. The number of ether oxygens (including phenoxy) is 1. The summed E-state index contributed by atoms with van der Waals surface area (Å²) in [6, 6.07) is 29.4. The highest BCUT2D eigenvalue weighted by Crippen LogP contribution is 2.41. The molecule has 1 aliphatic rings. The van der Waals surface area contributed by atoms with E-state index in [1.807, 2.05) is 28.8 Å². The van der Waals surface area contributed by atoms with Crippen LogP contribution >= 0.6 is 11.6 Å². The third-order valence-corrected chi connectivity index (χ3v) is 7.97. The predicted octanol–water partition coefficient (Wildman–Crippen LogP) is 5.54. The average molecular weight is 543 g/mol. The lowest BCUT2D eigenvalue weighted by molar-refractivity contribution is 0.0924. The highest BCUT2D eigenvalue weighted by atomic mass is 35.5. The number of nitrogens with zero attached hydrogens (tertiary/aromatic N) is 3.